The Bertz CT molecular complexity index is 1170. The molecule has 0 saturated carbocycles. The summed E-state index contributed by atoms with van der Waals surface area (Å²) >= 11 is 0. The third-order valence-electron chi connectivity index (χ3n) is 19.8. The third kappa shape index (κ3) is 71.6. The highest BCUT2D eigenvalue weighted by Crippen LogP contribution is 2.20. The predicted molar refractivity (Wildman–Crippen MR) is 394 cm³/mol. The Labute approximate surface area is 557 Å². The second kappa shape index (κ2) is 72.6. The fourth-order valence-corrected chi connectivity index (χ4v) is 13.7. The van der Waals surface area contributed by atoms with Gasteiger partial charge in [0.1, 0.15) is 25.3 Å². The molecule has 2 atom stereocenters. The van der Waals surface area contributed by atoms with Crippen LogP contribution in [0.1, 0.15) is 426 Å². The lowest BCUT2D eigenvalue weighted by Crippen LogP contribution is -2.48. The Morgan fingerprint density at radius 1 is 0.193 bits per heavy atom. The molecule has 530 valence electrons. The van der Waals surface area contributed by atoms with E-state index < -0.39 is 0 Å². The van der Waals surface area contributed by atoms with Gasteiger partial charge in [-0.25, -0.2) is 0 Å². The first kappa shape index (κ1) is 87.8. The topological polar surface area (TPSA) is 36.9 Å². The van der Waals surface area contributed by atoms with Crippen molar-refractivity contribution in [2.45, 2.75) is 438 Å². The van der Waals surface area contributed by atoms with E-state index in [9.17, 15) is 0 Å². The Balaban J connectivity index is 4.79. The molecule has 0 aliphatic carbocycles. The minimum absolute atomic E-state index is 0.194. The number of nitrogens with zero attached hydrogens (tertiary/aromatic N) is 2. The van der Waals surface area contributed by atoms with Gasteiger partial charge in [0.05, 0.1) is 54.5 Å². The summed E-state index contributed by atoms with van der Waals surface area (Å²) in [5.74, 6) is 0. The maximum Gasteiger partial charge on any atom is 0.130 e. The lowest BCUT2D eigenvalue weighted by Gasteiger charge is -2.34. The van der Waals surface area contributed by atoms with Crippen molar-refractivity contribution in [3.63, 3.8) is 0 Å². The van der Waals surface area contributed by atoms with E-state index in [4.69, 9.17) is 18.9 Å². The molecule has 0 aromatic rings. The van der Waals surface area contributed by atoms with Crippen LogP contribution < -0.4 is 0 Å². The Kier molecular flexibility index (Phi) is 72.4. The smallest absolute Gasteiger partial charge is 0.130 e. The summed E-state index contributed by atoms with van der Waals surface area (Å²) in [5, 5.41) is 0. The van der Waals surface area contributed by atoms with Crippen molar-refractivity contribution in [2.75, 3.05) is 94.0 Å². The van der Waals surface area contributed by atoms with Crippen molar-refractivity contribution in [2.24, 2.45) is 0 Å². The van der Waals surface area contributed by atoms with Gasteiger partial charge >= 0.3 is 0 Å². The molecule has 0 saturated heterocycles. The molecule has 0 spiro atoms. The molecule has 0 rings (SSSR count). The van der Waals surface area contributed by atoms with Gasteiger partial charge in [0.25, 0.3) is 0 Å². The molecule has 0 bridgehead atoms. The number of quaternary nitrogens is 2. The molecule has 0 aromatic carbocycles. The van der Waals surface area contributed by atoms with Gasteiger partial charge < -0.3 is 27.9 Å². The second-order valence-electron chi connectivity index (χ2n) is 30.3. The monoisotopic (exact) mass is 1250 g/mol. The number of likely N-dealkylation sites (N-methyl/N-ethyl adjacent to an activating group) is 2. The van der Waals surface area contributed by atoms with E-state index in [0.717, 1.165) is 61.7 Å². The van der Waals surface area contributed by atoms with E-state index in [0.29, 0.717) is 0 Å². The molecule has 88 heavy (non-hydrogen) atoms. The summed E-state index contributed by atoms with van der Waals surface area (Å²) in [5.41, 5.74) is 0. The minimum Gasteiger partial charge on any atom is -0.379 e. The number of ether oxygens (including phenoxy) is 4. The molecule has 6 heteroatoms. The van der Waals surface area contributed by atoms with E-state index >= 15 is 0 Å². The molecule has 0 aliphatic heterocycles. The van der Waals surface area contributed by atoms with Gasteiger partial charge in [0.2, 0.25) is 0 Å². The van der Waals surface area contributed by atoms with Crippen LogP contribution in [-0.2, 0) is 18.9 Å². The van der Waals surface area contributed by atoms with Crippen LogP contribution in [0.3, 0.4) is 0 Å². The zero-order valence-corrected chi connectivity index (χ0v) is 62.6. The summed E-state index contributed by atoms with van der Waals surface area (Å²) in [6, 6.07) is 0. The Morgan fingerprint density at radius 3 is 0.545 bits per heavy atom. The fraction of sp³-hybridized carbons (Fsp3) is 1.00. The van der Waals surface area contributed by atoms with E-state index in [2.05, 4.69) is 55.9 Å². The standard InChI is InChI=1S/C82H170N2O4/c1-9-13-17-21-25-29-33-37-41-45-49-55-61-67-73-85-79-81(87-75-69-63-57-51-47-43-39-35-31-27-23-19-15-11-3)77-83(5,6)71-65-59-53-54-60-66-72-84(7,8)78-82(88-76-70-64-58-52-48-44-40-36-32-28-24-20-16-12-4)80-86-74-68-62-56-50-46-42-38-34-30-26-22-18-14-10-2/h81-82H,9-80H2,1-8H3/q+2. The second-order valence-corrected chi connectivity index (χ2v) is 30.3. The van der Waals surface area contributed by atoms with Gasteiger partial charge in [-0.2, -0.15) is 0 Å². The molecule has 0 aromatic heterocycles. The highest BCUT2D eigenvalue weighted by molar-refractivity contribution is 4.62. The van der Waals surface area contributed by atoms with Crippen molar-refractivity contribution in [3.8, 4) is 0 Å². The fourth-order valence-electron chi connectivity index (χ4n) is 13.7. The summed E-state index contributed by atoms with van der Waals surface area (Å²) in [7, 11) is 9.77. The SMILES string of the molecule is CCCCCCCCCCCCCCCCOCC(C[N+](C)(C)CCCCCCCC[N+](C)(C)CC(COCCCCCCCCCCCCCCCC)OCCCCCCCCCCCCCCCC)OCCCCCCCCCCCCCCCC. The maximum absolute atomic E-state index is 6.70. The lowest BCUT2D eigenvalue weighted by molar-refractivity contribution is -0.893. The molecule has 0 heterocycles. The van der Waals surface area contributed by atoms with E-state index in [1.165, 1.54) is 411 Å². The molecule has 0 N–H and O–H groups in total. The van der Waals surface area contributed by atoms with Crippen molar-refractivity contribution < 1.29 is 27.9 Å². The largest absolute Gasteiger partial charge is 0.379 e. The highest BCUT2D eigenvalue weighted by atomic mass is 16.5. The zero-order valence-electron chi connectivity index (χ0n) is 62.6. The average molecular weight is 1250 g/mol. The molecule has 0 radical (unpaired) electrons. The molecule has 6 nitrogen and oxygen atoms in total. The molecule has 0 amide bonds. The van der Waals surface area contributed by atoms with Crippen LogP contribution in [0.4, 0.5) is 0 Å². The van der Waals surface area contributed by atoms with Crippen LogP contribution >= 0.6 is 0 Å². The van der Waals surface area contributed by atoms with Crippen LogP contribution in [0.2, 0.25) is 0 Å². The van der Waals surface area contributed by atoms with Crippen LogP contribution in [0.25, 0.3) is 0 Å². The van der Waals surface area contributed by atoms with Crippen LogP contribution in [-0.4, -0.2) is 115 Å². The third-order valence-corrected chi connectivity index (χ3v) is 19.8. The van der Waals surface area contributed by atoms with E-state index in [-0.39, 0.29) is 12.2 Å². The number of hydrogen-bond donors (Lipinski definition) is 0. The minimum atomic E-state index is 0.194. The summed E-state index contributed by atoms with van der Waals surface area (Å²) in [6.07, 6.45) is 86.7. The summed E-state index contributed by atoms with van der Waals surface area (Å²) in [4.78, 5) is 0. The van der Waals surface area contributed by atoms with Crippen molar-refractivity contribution in [1.82, 2.24) is 0 Å². The van der Waals surface area contributed by atoms with Crippen LogP contribution in [0, 0.1) is 0 Å². The zero-order chi connectivity index (χ0) is 63.9. The Hall–Kier alpha value is -0.240. The first-order valence-electron chi connectivity index (χ1n) is 41.2. The van der Waals surface area contributed by atoms with Crippen LogP contribution in [0.15, 0.2) is 0 Å². The normalized spacial score (nSPS) is 13.0. The number of rotatable bonds is 79. The van der Waals surface area contributed by atoms with E-state index in [1.54, 1.807) is 0 Å². The lowest BCUT2D eigenvalue weighted by atomic mass is 10.0. The summed E-state index contributed by atoms with van der Waals surface area (Å²) in [6.45, 7) is 18.9. The van der Waals surface area contributed by atoms with Gasteiger partial charge in [-0.3, -0.25) is 0 Å². The molecule has 0 fully saturated rings. The molecular formula is C82H170N2O4+2. The maximum atomic E-state index is 6.70. The van der Waals surface area contributed by atoms with Gasteiger partial charge in [0.15, 0.2) is 0 Å². The van der Waals surface area contributed by atoms with Crippen molar-refractivity contribution in [3.05, 3.63) is 0 Å². The van der Waals surface area contributed by atoms with Crippen molar-refractivity contribution in [1.29, 1.82) is 0 Å². The molecular weight excluding hydrogens is 1080 g/mol. The first-order chi connectivity index (χ1) is 43.2. The quantitative estimate of drug-likeness (QED) is 0.0449. The summed E-state index contributed by atoms with van der Waals surface area (Å²) < 4.78 is 28.3. The van der Waals surface area contributed by atoms with Crippen molar-refractivity contribution >= 4 is 0 Å². The molecule has 2 unspecified atom stereocenters. The number of hydrogen-bond acceptors (Lipinski definition) is 4. The van der Waals surface area contributed by atoms with Gasteiger partial charge in [0, 0.05) is 26.4 Å². The van der Waals surface area contributed by atoms with Gasteiger partial charge in [-0.15, -0.1) is 0 Å². The average Bonchev–Trinajstić information content (AvgIpc) is 3.63. The van der Waals surface area contributed by atoms with E-state index in [1.807, 2.05) is 0 Å². The van der Waals surface area contributed by atoms with Crippen LogP contribution in [0.5, 0.6) is 0 Å². The Morgan fingerprint density at radius 2 is 0.352 bits per heavy atom. The first-order valence-corrected chi connectivity index (χ1v) is 41.2. The predicted octanol–water partition coefficient (Wildman–Crippen LogP) is 26.2. The van der Waals surface area contributed by atoms with Gasteiger partial charge in [-0.1, -0.05) is 374 Å². The van der Waals surface area contributed by atoms with Gasteiger partial charge in [-0.05, 0) is 51.4 Å². The highest BCUT2D eigenvalue weighted by Gasteiger charge is 2.25. The molecule has 0 aliphatic rings. The number of unbranched alkanes of at least 4 members (excludes halogenated alkanes) is 57.